The zero-order chi connectivity index (χ0) is 15.1. The van der Waals surface area contributed by atoms with E-state index in [0.29, 0.717) is 17.5 Å². The zero-order valence-electron chi connectivity index (χ0n) is 12.7. The molecule has 0 aromatic heterocycles. The summed E-state index contributed by atoms with van der Waals surface area (Å²) in [5.74, 6) is -0.190. The SMILES string of the molecule is CC1(C)CCC2(CC1)CNCC(c1ccc(Br)cc1F)O2. The fourth-order valence-electron chi connectivity index (χ4n) is 3.43. The number of ether oxygens (including phenoxy) is 1. The van der Waals surface area contributed by atoms with E-state index in [1.165, 1.54) is 18.9 Å². The van der Waals surface area contributed by atoms with Crippen molar-refractivity contribution in [3.63, 3.8) is 0 Å². The number of hydrogen-bond donors (Lipinski definition) is 1. The van der Waals surface area contributed by atoms with Gasteiger partial charge in [0.15, 0.2) is 0 Å². The number of halogens is 2. The second-order valence-electron chi connectivity index (χ2n) is 7.25. The van der Waals surface area contributed by atoms with E-state index in [2.05, 4.69) is 35.1 Å². The molecular weight excluding hydrogens is 333 g/mol. The standard InChI is InChI=1S/C17H23BrFNO/c1-16(2)5-7-17(8-6-16)11-20-10-15(21-17)13-4-3-12(18)9-14(13)19/h3-4,9,15,20H,5-8,10-11H2,1-2H3. The Morgan fingerprint density at radius 3 is 2.62 bits per heavy atom. The van der Waals surface area contributed by atoms with Crippen molar-refractivity contribution in [3.8, 4) is 0 Å². The van der Waals surface area contributed by atoms with Crippen molar-refractivity contribution in [3.05, 3.63) is 34.1 Å². The molecule has 2 fully saturated rings. The van der Waals surface area contributed by atoms with E-state index in [-0.39, 0.29) is 17.5 Å². The van der Waals surface area contributed by atoms with Crippen molar-refractivity contribution >= 4 is 15.9 Å². The lowest BCUT2D eigenvalue weighted by Crippen LogP contribution is -2.53. The van der Waals surface area contributed by atoms with Crippen LogP contribution in [0, 0.1) is 11.2 Å². The molecule has 1 atom stereocenters. The minimum Gasteiger partial charge on any atom is -0.364 e. The summed E-state index contributed by atoms with van der Waals surface area (Å²) in [5, 5.41) is 3.46. The Labute approximate surface area is 134 Å². The maximum Gasteiger partial charge on any atom is 0.130 e. The Bertz CT molecular complexity index is 522. The Hall–Kier alpha value is -0.450. The van der Waals surface area contributed by atoms with Crippen LogP contribution in [0.1, 0.15) is 51.2 Å². The van der Waals surface area contributed by atoms with Gasteiger partial charge in [0.25, 0.3) is 0 Å². The molecule has 1 aliphatic carbocycles. The molecule has 1 unspecified atom stereocenters. The molecule has 21 heavy (non-hydrogen) atoms. The molecule has 1 spiro atoms. The van der Waals surface area contributed by atoms with Crippen molar-refractivity contribution in [2.45, 2.75) is 51.2 Å². The first kappa shape index (κ1) is 15.4. The molecule has 2 nitrogen and oxygen atoms in total. The fraction of sp³-hybridized carbons (Fsp3) is 0.647. The molecular formula is C17H23BrFNO. The lowest BCUT2D eigenvalue weighted by Gasteiger charge is -2.48. The van der Waals surface area contributed by atoms with Gasteiger partial charge in [-0.15, -0.1) is 0 Å². The van der Waals surface area contributed by atoms with Crippen LogP contribution in [0.25, 0.3) is 0 Å². The third-order valence-corrected chi connectivity index (χ3v) is 5.49. The molecule has 116 valence electrons. The summed E-state index contributed by atoms with van der Waals surface area (Å²) >= 11 is 3.31. The molecule has 0 radical (unpaired) electrons. The Morgan fingerprint density at radius 1 is 1.24 bits per heavy atom. The predicted molar refractivity (Wildman–Crippen MR) is 85.8 cm³/mol. The molecule has 1 saturated carbocycles. The van der Waals surface area contributed by atoms with E-state index < -0.39 is 0 Å². The minimum atomic E-state index is -0.190. The van der Waals surface area contributed by atoms with Crippen LogP contribution in [0.5, 0.6) is 0 Å². The van der Waals surface area contributed by atoms with Crippen LogP contribution in [0.15, 0.2) is 22.7 Å². The van der Waals surface area contributed by atoms with Crippen LogP contribution in [-0.2, 0) is 4.74 Å². The van der Waals surface area contributed by atoms with Gasteiger partial charge in [0.1, 0.15) is 5.82 Å². The average Bonchev–Trinajstić information content (AvgIpc) is 2.43. The number of rotatable bonds is 1. The van der Waals surface area contributed by atoms with Crippen LogP contribution in [0.4, 0.5) is 4.39 Å². The largest absolute Gasteiger partial charge is 0.364 e. The highest BCUT2D eigenvalue weighted by Gasteiger charge is 2.43. The molecule has 1 aromatic rings. The van der Waals surface area contributed by atoms with Crippen molar-refractivity contribution in [1.29, 1.82) is 0 Å². The van der Waals surface area contributed by atoms with E-state index in [0.717, 1.165) is 23.9 Å². The summed E-state index contributed by atoms with van der Waals surface area (Å²) in [6, 6.07) is 5.23. The van der Waals surface area contributed by atoms with Crippen LogP contribution in [0.2, 0.25) is 0 Å². The molecule has 1 heterocycles. The predicted octanol–water partition coefficient (Wildman–Crippen LogP) is 4.59. The van der Waals surface area contributed by atoms with E-state index in [1.807, 2.05) is 12.1 Å². The second-order valence-corrected chi connectivity index (χ2v) is 8.17. The molecule has 3 rings (SSSR count). The molecule has 1 N–H and O–H groups in total. The van der Waals surface area contributed by atoms with Gasteiger partial charge >= 0.3 is 0 Å². The zero-order valence-corrected chi connectivity index (χ0v) is 14.3. The monoisotopic (exact) mass is 355 g/mol. The summed E-state index contributed by atoms with van der Waals surface area (Å²) in [6.07, 6.45) is 4.27. The third-order valence-electron chi connectivity index (χ3n) is 4.99. The van der Waals surface area contributed by atoms with Crippen LogP contribution in [-0.4, -0.2) is 18.7 Å². The van der Waals surface area contributed by atoms with Gasteiger partial charge in [0.2, 0.25) is 0 Å². The van der Waals surface area contributed by atoms with E-state index in [1.54, 1.807) is 0 Å². The van der Waals surface area contributed by atoms with Crippen molar-refractivity contribution in [2.24, 2.45) is 5.41 Å². The first-order valence-corrected chi connectivity index (χ1v) is 8.52. The normalized spacial score (nSPS) is 27.7. The molecule has 0 bridgehead atoms. The molecule has 2 aliphatic rings. The van der Waals surface area contributed by atoms with E-state index in [9.17, 15) is 4.39 Å². The van der Waals surface area contributed by atoms with Crippen molar-refractivity contribution in [1.82, 2.24) is 5.32 Å². The molecule has 1 saturated heterocycles. The minimum absolute atomic E-state index is 0.113. The molecule has 4 heteroatoms. The highest BCUT2D eigenvalue weighted by atomic mass is 79.9. The van der Waals surface area contributed by atoms with Gasteiger partial charge in [-0.25, -0.2) is 4.39 Å². The summed E-state index contributed by atoms with van der Waals surface area (Å²) in [4.78, 5) is 0. The Morgan fingerprint density at radius 2 is 1.95 bits per heavy atom. The van der Waals surface area contributed by atoms with Crippen LogP contribution in [0.3, 0.4) is 0 Å². The van der Waals surface area contributed by atoms with Gasteiger partial charge in [-0.2, -0.15) is 0 Å². The first-order valence-electron chi connectivity index (χ1n) is 7.73. The summed E-state index contributed by atoms with van der Waals surface area (Å²) < 4.78 is 21.3. The van der Waals surface area contributed by atoms with Gasteiger partial charge in [-0.1, -0.05) is 35.8 Å². The quantitative estimate of drug-likeness (QED) is 0.795. The van der Waals surface area contributed by atoms with Crippen molar-refractivity contribution in [2.75, 3.05) is 13.1 Å². The highest BCUT2D eigenvalue weighted by Crippen LogP contribution is 2.45. The maximum absolute atomic E-state index is 14.2. The lowest BCUT2D eigenvalue weighted by molar-refractivity contribution is -0.147. The van der Waals surface area contributed by atoms with E-state index >= 15 is 0 Å². The molecule has 0 amide bonds. The average molecular weight is 356 g/mol. The van der Waals surface area contributed by atoms with Crippen molar-refractivity contribution < 1.29 is 9.13 Å². The topological polar surface area (TPSA) is 21.3 Å². The first-order chi connectivity index (χ1) is 9.89. The summed E-state index contributed by atoms with van der Waals surface area (Å²) in [5.41, 5.74) is 0.956. The van der Waals surface area contributed by atoms with Gasteiger partial charge in [-0.3, -0.25) is 0 Å². The highest BCUT2D eigenvalue weighted by molar-refractivity contribution is 9.10. The van der Waals surface area contributed by atoms with Gasteiger partial charge in [0, 0.05) is 23.1 Å². The Balaban J connectivity index is 1.77. The van der Waals surface area contributed by atoms with Gasteiger partial charge in [0.05, 0.1) is 11.7 Å². The van der Waals surface area contributed by atoms with Gasteiger partial charge in [-0.05, 0) is 43.2 Å². The second kappa shape index (κ2) is 5.64. The lowest BCUT2D eigenvalue weighted by atomic mass is 9.70. The maximum atomic E-state index is 14.2. The fourth-order valence-corrected chi connectivity index (χ4v) is 3.76. The summed E-state index contributed by atoms with van der Waals surface area (Å²) in [6.45, 7) is 6.21. The Kier molecular flexibility index (Phi) is 4.15. The van der Waals surface area contributed by atoms with E-state index in [4.69, 9.17) is 4.74 Å². The third kappa shape index (κ3) is 3.33. The smallest absolute Gasteiger partial charge is 0.130 e. The van der Waals surface area contributed by atoms with Crippen LogP contribution >= 0.6 is 15.9 Å². The summed E-state index contributed by atoms with van der Waals surface area (Å²) in [7, 11) is 0. The number of hydrogen-bond acceptors (Lipinski definition) is 2. The van der Waals surface area contributed by atoms with Crippen LogP contribution < -0.4 is 5.32 Å². The number of benzene rings is 1. The molecule has 1 aliphatic heterocycles. The number of morpholine rings is 1. The number of nitrogens with one attached hydrogen (secondary N) is 1. The van der Waals surface area contributed by atoms with Gasteiger partial charge < -0.3 is 10.1 Å². The molecule has 1 aromatic carbocycles.